The van der Waals surface area contributed by atoms with Crippen LogP contribution in [0.5, 0.6) is 0 Å². The number of aromatic nitrogens is 2. The van der Waals surface area contributed by atoms with Crippen LogP contribution in [-0.2, 0) is 11.8 Å². The number of amides is 1. The molecule has 0 radical (unpaired) electrons. The molecule has 2 fully saturated rings. The first-order valence-electron chi connectivity index (χ1n) is 8.18. The average Bonchev–Trinajstić information content (AvgIpc) is 2.97. The minimum absolute atomic E-state index is 0.0406. The number of rotatable bonds is 3. The van der Waals surface area contributed by atoms with Gasteiger partial charge in [-0.3, -0.25) is 9.48 Å². The van der Waals surface area contributed by atoms with Crippen LogP contribution in [0, 0.1) is 11.7 Å². The largest absolute Gasteiger partial charge is 0.335 e. The molecule has 5 heteroatoms. The Kier molecular flexibility index (Phi) is 3.43. The Hall–Kier alpha value is -2.17. The fourth-order valence-electron chi connectivity index (χ4n) is 3.79. The second-order valence-corrected chi connectivity index (χ2v) is 6.61. The summed E-state index contributed by atoms with van der Waals surface area (Å²) in [7, 11) is 1.89. The molecule has 1 aliphatic carbocycles. The van der Waals surface area contributed by atoms with Crippen molar-refractivity contribution in [3.8, 4) is 0 Å². The van der Waals surface area contributed by atoms with Crippen LogP contribution in [0.1, 0.15) is 42.3 Å². The minimum Gasteiger partial charge on any atom is -0.335 e. The zero-order valence-corrected chi connectivity index (χ0v) is 13.2. The molecule has 0 N–H and O–H groups in total. The molecule has 4 nitrogen and oxygen atoms in total. The highest BCUT2D eigenvalue weighted by Gasteiger charge is 2.48. The van der Waals surface area contributed by atoms with Gasteiger partial charge in [-0.05, 0) is 36.8 Å². The van der Waals surface area contributed by atoms with Crippen molar-refractivity contribution in [3.63, 3.8) is 0 Å². The van der Waals surface area contributed by atoms with E-state index >= 15 is 0 Å². The van der Waals surface area contributed by atoms with Gasteiger partial charge in [0, 0.05) is 31.3 Å². The van der Waals surface area contributed by atoms with Crippen LogP contribution >= 0.6 is 0 Å². The smallest absolute Gasteiger partial charge is 0.226 e. The summed E-state index contributed by atoms with van der Waals surface area (Å²) in [5, 5.41) is 4.22. The molecule has 1 saturated carbocycles. The maximum absolute atomic E-state index is 13.9. The Morgan fingerprint density at radius 1 is 1.35 bits per heavy atom. The number of hydrogen-bond acceptors (Lipinski definition) is 2. The van der Waals surface area contributed by atoms with Crippen molar-refractivity contribution in [1.29, 1.82) is 0 Å². The van der Waals surface area contributed by atoms with E-state index in [0.717, 1.165) is 31.4 Å². The lowest BCUT2D eigenvalue weighted by Gasteiger charge is -2.24. The lowest BCUT2D eigenvalue weighted by Crippen LogP contribution is -2.32. The molecule has 0 spiro atoms. The highest BCUT2D eigenvalue weighted by atomic mass is 19.1. The number of halogens is 1. The van der Waals surface area contributed by atoms with Crippen LogP contribution in [0.2, 0.25) is 0 Å². The van der Waals surface area contributed by atoms with Gasteiger partial charge < -0.3 is 4.90 Å². The van der Waals surface area contributed by atoms with Gasteiger partial charge in [-0.2, -0.15) is 5.10 Å². The maximum Gasteiger partial charge on any atom is 0.226 e. The van der Waals surface area contributed by atoms with Gasteiger partial charge in [0.2, 0.25) is 5.91 Å². The first-order chi connectivity index (χ1) is 11.1. The predicted octanol–water partition coefficient (Wildman–Crippen LogP) is 3.03. The highest BCUT2D eigenvalue weighted by molar-refractivity contribution is 5.83. The van der Waals surface area contributed by atoms with E-state index < -0.39 is 0 Å². The van der Waals surface area contributed by atoms with Gasteiger partial charge in [0.15, 0.2) is 0 Å². The van der Waals surface area contributed by atoms with Crippen LogP contribution in [0.25, 0.3) is 0 Å². The molecule has 0 bridgehead atoms. The van der Waals surface area contributed by atoms with Gasteiger partial charge in [-0.15, -0.1) is 0 Å². The molecule has 2 aliphatic rings. The van der Waals surface area contributed by atoms with Crippen molar-refractivity contribution >= 4 is 5.91 Å². The zero-order chi connectivity index (χ0) is 16.0. The van der Waals surface area contributed by atoms with Crippen LogP contribution in [0.4, 0.5) is 4.39 Å². The standard InChI is InChI=1S/C18H20FN3O/c1-21-11-12(10-20-21)17-7-4-8-22(17)18(23)15-9-14(15)13-5-2-3-6-16(13)19/h2-3,5-6,10-11,14-15,17H,4,7-9H2,1H3/t14-,15-,17-/m0/s1. The summed E-state index contributed by atoms with van der Waals surface area (Å²) in [6.07, 6.45) is 6.59. The van der Waals surface area contributed by atoms with E-state index in [-0.39, 0.29) is 29.6 Å². The lowest BCUT2D eigenvalue weighted by molar-refractivity contribution is -0.133. The molecule has 1 aromatic heterocycles. The van der Waals surface area contributed by atoms with Gasteiger partial charge in [0.1, 0.15) is 5.82 Å². The van der Waals surface area contributed by atoms with E-state index in [4.69, 9.17) is 0 Å². The molecular weight excluding hydrogens is 293 g/mol. The topological polar surface area (TPSA) is 38.1 Å². The number of hydrogen-bond donors (Lipinski definition) is 0. The quantitative estimate of drug-likeness (QED) is 0.873. The van der Waals surface area contributed by atoms with E-state index in [9.17, 15) is 9.18 Å². The summed E-state index contributed by atoms with van der Waals surface area (Å²) in [6.45, 7) is 0.791. The molecule has 120 valence electrons. The van der Waals surface area contributed by atoms with Gasteiger partial charge >= 0.3 is 0 Å². The SMILES string of the molecule is Cn1cc([C@@H]2CCCN2C(=O)[C@H]2C[C@H]2c2ccccc2F)cn1. The second kappa shape index (κ2) is 5.48. The molecule has 3 atom stereocenters. The van der Waals surface area contributed by atoms with Crippen molar-refractivity contribution < 1.29 is 9.18 Å². The molecule has 1 aromatic carbocycles. The monoisotopic (exact) mass is 313 g/mol. The van der Waals surface area contributed by atoms with Crippen LogP contribution in [0.15, 0.2) is 36.7 Å². The third-order valence-electron chi connectivity index (χ3n) is 5.06. The Labute approximate surface area is 134 Å². The zero-order valence-electron chi connectivity index (χ0n) is 13.2. The summed E-state index contributed by atoms with van der Waals surface area (Å²) in [4.78, 5) is 14.8. The van der Waals surface area contributed by atoms with Gasteiger partial charge in [-0.1, -0.05) is 18.2 Å². The van der Waals surface area contributed by atoms with Crippen LogP contribution in [0.3, 0.4) is 0 Å². The van der Waals surface area contributed by atoms with E-state index in [1.807, 2.05) is 30.4 Å². The third-order valence-corrected chi connectivity index (χ3v) is 5.06. The van der Waals surface area contributed by atoms with E-state index in [1.54, 1.807) is 16.8 Å². The normalized spacial score (nSPS) is 26.5. The van der Waals surface area contributed by atoms with E-state index in [0.29, 0.717) is 5.56 Å². The Morgan fingerprint density at radius 3 is 2.91 bits per heavy atom. The van der Waals surface area contributed by atoms with Crippen molar-refractivity contribution in [2.45, 2.75) is 31.2 Å². The van der Waals surface area contributed by atoms with Crippen molar-refractivity contribution in [2.75, 3.05) is 6.54 Å². The van der Waals surface area contributed by atoms with Gasteiger partial charge in [0.25, 0.3) is 0 Å². The second-order valence-electron chi connectivity index (χ2n) is 6.61. The third kappa shape index (κ3) is 2.54. The molecule has 0 unspecified atom stereocenters. The molecule has 4 rings (SSSR count). The summed E-state index contributed by atoms with van der Waals surface area (Å²) >= 11 is 0. The first kappa shape index (κ1) is 14.4. The van der Waals surface area contributed by atoms with Gasteiger partial charge in [-0.25, -0.2) is 4.39 Å². The number of nitrogens with zero attached hydrogens (tertiary/aromatic N) is 3. The maximum atomic E-state index is 13.9. The average molecular weight is 313 g/mol. The van der Waals surface area contributed by atoms with Crippen molar-refractivity contribution in [3.05, 3.63) is 53.6 Å². The Balaban J connectivity index is 1.50. The van der Waals surface area contributed by atoms with Gasteiger partial charge in [0.05, 0.1) is 12.2 Å². The molecule has 1 amide bonds. The number of carbonyl (C=O) groups excluding carboxylic acids is 1. The van der Waals surface area contributed by atoms with Crippen molar-refractivity contribution in [1.82, 2.24) is 14.7 Å². The van der Waals surface area contributed by atoms with Crippen LogP contribution < -0.4 is 0 Å². The van der Waals surface area contributed by atoms with Crippen molar-refractivity contribution in [2.24, 2.45) is 13.0 Å². The number of carbonyl (C=O) groups is 1. The molecule has 2 aromatic rings. The lowest BCUT2D eigenvalue weighted by atomic mass is 10.1. The number of likely N-dealkylation sites (tertiary alicyclic amines) is 1. The Morgan fingerprint density at radius 2 is 2.17 bits per heavy atom. The first-order valence-corrected chi connectivity index (χ1v) is 8.18. The fourth-order valence-corrected chi connectivity index (χ4v) is 3.79. The van der Waals surface area contributed by atoms with E-state index in [2.05, 4.69) is 5.10 Å². The van der Waals surface area contributed by atoms with Crippen LogP contribution in [-0.4, -0.2) is 27.1 Å². The summed E-state index contributed by atoms with van der Waals surface area (Å²) in [5.41, 5.74) is 1.78. The minimum atomic E-state index is -0.196. The molecule has 1 saturated heterocycles. The number of aryl methyl sites for hydroxylation is 1. The molecule has 23 heavy (non-hydrogen) atoms. The predicted molar refractivity (Wildman–Crippen MR) is 84.1 cm³/mol. The summed E-state index contributed by atoms with van der Waals surface area (Å²) < 4.78 is 15.7. The highest BCUT2D eigenvalue weighted by Crippen LogP contribution is 2.50. The molecular formula is C18H20FN3O. The number of benzene rings is 1. The molecule has 1 aliphatic heterocycles. The Bertz CT molecular complexity index is 741. The summed E-state index contributed by atoms with van der Waals surface area (Å²) in [6, 6.07) is 6.93. The summed E-state index contributed by atoms with van der Waals surface area (Å²) in [5.74, 6) is -0.0503. The fraction of sp³-hybridized carbons (Fsp3) is 0.444. The van der Waals surface area contributed by atoms with E-state index in [1.165, 1.54) is 6.07 Å². The molecule has 2 heterocycles.